The van der Waals surface area contributed by atoms with Crippen LogP contribution in [0, 0.1) is 19.3 Å². The zero-order valence-electron chi connectivity index (χ0n) is 21.4. The molecule has 0 spiro atoms. The molecule has 0 unspecified atom stereocenters. The molecule has 2 saturated heterocycles. The molecule has 8 heteroatoms. The first kappa shape index (κ1) is 23.0. The third-order valence-corrected chi connectivity index (χ3v) is 9.05. The van der Waals surface area contributed by atoms with Crippen LogP contribution in [0.1, 0.15) is 74.6 Å². The zero-order valence-corrected chi connectivity index (χ0v) is 21.4. The lowest BCUT2D eigenvalue weighted by molar-refractivity contribution is -0.173. The van der Waals surface area contributed by atoms with Crippen LogP contribution in [0.25, 0.3) is 0 Å². The fraction of sp³-hybridized carbons (Fsp3) is 0.667. The maximum Gasteiger partial charge on any atom is 0.136 e. The van der Waals surface area contributed by atoms with Gasteiger partial charge in [0, 0.05) is 62.7 Å². The average Bonchev–Trinajstić information content (AvgIpc) is 3.16. The first-order valence-electron chi connectivity index (χ1n) is 13.3. The average molecular weight is 480 g/mol. The molecule has 7 rings (SSSR count). The van der Waals surface area contributed by atoms with Gasteiger partial charge in [0.05, 0.1) is 35.7 Å². The molecule has 190 valence electrons. The van der Waals surface area contributed by atoms with Gasteiger partial charge >= 0.3 is 0 Å². The highest BCUT2D eigenvalue weighted by Gasteiger charge is 2.51. The summed E-state index contributed by atoms with van der Waals surface area (Å²) in [5.74, 6) is 0.766. The molecule has 0 aromatic carbocycles. The van der Waals surface area contributed by atoms with Gasteiger partial charge in [0.15, 0.2) is 0 Å². The van der Waals surface area contributed by atoms with Crippen molar-refractivity contribution in [3.63, 3.8) is 0 Å². The molecule has 3 aliphatic heterocycles. The van der Waals surface area contributed by atoms with Crippen molar-refractivity contribution in [1.29, 1.82) is 5.41 Å². The van der Waals surface area contributed by atoms with Crippen LogP contribution < -0.4 is 15.5 Å². The van der Waals surface area contributed by atoms with E-state index in [2.05, 4.69) is 38.2 Å². The fourth-order valence-corrected chi connectivity index (χ4v) is 6.67. The molecular formula is C27H41N7O. The monoisotopic (exact) mass is 479 g/mol. The van der Waals surface area contributed by atoms with Crippen molar-refractivity contribution in [2.75, 3.05) is 30.4 Å². The Labute approximate surface area is 209 Å². The van der Waals surface area contributed by atoms with Crippen LogP contribution in [0.3, 0.4) is 0 Å². The highest BCUT2D eigenvalue weighted by atomic mass is 16.5. The molecule has 2 aromatic rings. The van der Waals surface area contributed by atoms with Crippen LogP contribution in [0.15, 0.2) is 6.07 Å². The van der Waals surface area contributed by atoms with E-state index in [-0.39, 0.29) is 12.6 Å². The number of nitrogens with one attached hydrogen (secondary N) is 3. The lowest BCUT2D eigenvalue weighted by atomic mass is 9.70. The molecular weight excluding hydrogens is 438 g/mol. The van der Waals surface area contributed by atoms with E-state index in [0.717, 1.165) is 80.0 Å². The van der Waals surface area contributed by atoms with E-state index >= 15 is 0 Å². The molecule has 4 fully saturated rings. The summed E-state index contributed by atoms with van der Waals surface area (Å²) in [6.07, 6.45) is 11.1. The van der Waals surface area contributed by atoms with Crippen molar-refractivity contribution >= 4 is 17.7 Å². The minimum absolute atomic E-state index is 0. The van der Waals surface area contributed by atoms with Crippen molar-refractivity contribution in [2.24, 2.45) is 0 Å². The Morgan fingerprint density at radius 1 is 1.26 bits per heavy atom. The summed E-state index contributed by atoms with van der Waals surface area (Å²) in [6, 6.07) is 2.82. The number of anilines is 2. The number of aromatic nitrogens is 3. The quantitative estimate of drug-likeness (QED) is 0.521. The normalized spacial score (nSPS) is 28.0. The smallest absolute Gasteiger partial charge is 0.136 e. The van der Waals surface area contributed by atoms with Gasteiger partial charge in [-0.1, -0.05) is 6.42 Å². The number of fused-ring (bicyclic) bond motifs is 4. The van der Waals surface area contributed by atoms with Crippen molar-refractivity contribution in [2.45, 2.75) is 95.5 Å². The number of hydrogen-bond donors (Lipinski definition) is 3. The molecule has 2 bridgehead atoms. The molecule has 5 aliphatic rings. The number of pyridine rings is 1. The van der Waals surface area contributed by atoms with E-state index < -0.39 is 0 Å². The second-order valence-electron chi connectivity index (χ2n) is 11.3. The van der Waals surface area contributed by atoms with Crippen molar-refractivity contribution in [1.82, 2.24) is 20.1 Å². The highest BCUT2D eigenvalue weighted by molar-refractivity contribution is 5.92. The van der Waals surface area contributed by atoms with E-state index in [4.69, 9.17) is 15.2 Å². The van der Waals surface area contributed by atoms with Crippen molar-refractivity contribution < 1.29 is 6.16 Å². The molecule has 0 atom stereocenters. The van der Waals surface area contributed by atoms with E-state index in [0.29, 0.717) is 0 Å². The summed E-state index contributed by atoms with van der Waals surface area (Å²) in [5, 5.41) is 20.1. The Kier molecular flexibility index (Phi) is 5.64. The Balaban J connectivity index is 0.00000267. The molecule has 2 aromatic heterocycles. The van der Waals surface area contributed by atoms with Crippen LogP contribution in [-0.4, -0.2) is 58.4 Å². The van der Waals surface area contributed by atoms with Gasteiger partial charge in [-0.15, -0.1) is 0 Å². The van der Waals surface area contributed by atoms with Gasteiger partial charge in [-0.05, 0) is 58.4 Å². The molecule has 2 aliphatic carbocycles. The number of nitrogens with zero attached hydrogens (tertiary/aromatic N) is 4. The predicted octanol–water partition coefficient (Wildman–Crippen LogP) is 3.97. The number of aryl methyl sites for hydroxylation is 2. The fourth-order valence-electron chi connectivity index (χ4n) is 6.67. The second kappa shape index (κ2) is 8.59. The second-order valence-corrected chi connectivity index (χ2v) is 11.3. The van der Waals surface area contributed by atoms with Crippen LogP contribution >= 0.6 is 0 Å². The van der Waals surface area contributed by atoms with Gasteiger partial charge in [-0.25, -0.2) is 4.98 Å². The zero-order chi connectivity index (χ0) is 24.2. The van der Waals surface area contributed by atoms with Crippen LogP contribution in [0.4, 0.5) is 11.5 Å². The van der Waals surface area contributed by atoms with E-state index in [9.17, 15) is 0 Å². The summed E-state index contributed by atoms with van der Waals surface area (Å²) >= 11 is 0. The molecule has 35 heavy (non-hydrogen) atoms. The third kappa shape index (κ3) is 3.95. The van der Waals surface area contributed by atoms with Gasteiger partial charge in [0.2, 0.25) is 0 Å². The lowest BCUT2D eigenvalue weighted by Crippen LogP contribution is -2.65. The molecule has 0 radical (unpaired) electrons. The minimum atomic E-state index is -0.0658. The summed E-state index contributed by atoms with van der Waals surface area (Å²) in [6.45, 7) is 7.60. The number of rotatable bonds is 7. The Morgan fingerprint density at radius 3 is 2.69 bits per heavy atom. The summed E-state index contributed by atoms with van der Waals surface area (Å²) < 4.78 is 8.90. The largest absolute Gasteiger partial charge is 0.373 e. The van der Waals surface area contributed by atoms with E-state index in [1.54, 1.807) is 0 Å². The Morgan fingerprint density at radius 2 is 2.06 bits per heavy atom. The summed E-state index contributed by atoms with van der Waals surface area (Å²) in [7, 11) is 1.87. The van der Waals surface area contributed by atoms with Gasteiger partial charge < -0.3 is 25.7 Å². The maximum absolute atomic E-state index is 8.00. The number of ether oxygens (including phenoxy) is 1. The summed E-state index contributed by atoms with van der Waals surface area (Å²) in [5.41, 5.74) is 6.84. The van der Waals surface area contributed by atoms with Gasteiger partial charge in [0.25, 0.3) is 0 Å². The first-order valence-corrected chi connectivity index (χ1v) is 13.3. The highest BCUT2D eigenvalue weighted by Crippen LogP contribution is 2.46. The standard InChI is InChI=1S/C27H39N7O.H2/c1-18-13-24(21(14-28)25(29-3)30-18)33-12-7-23-22(15-33)19(2)32-34(23)16-27-10-8-26(9-11-27,17-35-27)31-20-5-4-6-20;/h13-14,20,28,31H,4-12,15-17H2,1-3H3,(H,29,30);1H. The lowest BCUT2D eigenvalue weighted by Gasteiger charge is -2.55. The minimum Gasteiger partial charge on any atom is -0.373 e. The Bertz CT molecular complexity index is 1120. The van der Waals surface area contributed by atoms with Gasteiger partial charge in [-0.2, -0.15) is 5.10 Å². The van der Waals surface area contributed by atoms with Gasteiger partial charge in [0.1, 0.15) is 5.82 Å². The molecule has 5 heterocycles. The van der Waals surface area contributed by atoms with E-state index in [1.165, 1.54) is 49.6 Å². The van der Waals surface area contributed by atoms with Gasteiger partial charge in [-0.3, -0.25) is 4.68 Å². The van der Waals surface area contributed by atoms with Crippen molar-refractivity contribution in [3.05, 3.63) is 34.3 Å². The maximum atomic E-state index is 8.00. The Hall–Kier alpha value is -2.45. The van der Waals surface area contributed by atoms with Crippen molar-refractivity contribution in [3.8, 4) is 0 Å². The van der Waals surface area contributed by atoms with Crippen LogP contribution in [-0.2, 0) is 24.2 Å². The molecule has 0 amide bonds. The third-order valence-electron chi connectivity index (χ3n) is 9.05. The SMILES string of the molecule is CNc1nc(C)cc(N2CCc3c(c(C)nn3CC34CCC(NC5CCC5)(CC3)CO4)C2)c1C=N.[HH]. The molecule has 2 saturated carbocycles. The van der Waals surface area contributed by atoms with Crippen LogP contribution in [0.2, 0.25) is 0 Å². The topological polar surface area (TPSA) is 91.1 Å². The van der Waals surface area contributed by atoms with Crippen LogP contribution in [0.5, 0.6) is 0 Å². The number of hydrogen-bond acceptors (Lipinski definition) is 7. The molecule has 8 nitrogen and oxygen atoms in total. The summed E-state index contributed by atoms with van der Waals surface area (Å²) in [4.78, 5) is 6.96. The predicted molar refractivity (Wildman–Crippen MR) is 141 cm³/mol. The first-order chi connectivity index (χ1) is 16.9. The molecule has 3 N–H and O–H groups in total. The van der Waals surface area contributed by atoms with E-state index in [1.807, 2.05) is 14.0 Å².